The summed E-state index contributed by atoms with van der Waals surface area (Å²) in [7, 11) is -7.82. The van der Waals surface area contributed by atoms with E-state index in [0.717, 1.165) is 12.3 Å². The van der Waals surface area contributed by atoms with E-state index in [0.29, 0.717) is 12.8 Å². The van der Waals surface area contributed by atoms with E-state index in [1.165, 1.54) is 19.6 Å². The first-order valence-electron chi connectivity index (χ1n) is 11.1. The van der Waals surface area contributed by atoms with Crippen molar-refractivity contribution in [2.45, 2.75) is 55.4 Å². The second-order valence-corrected chi connectivity index (χ2v) is 12.1. The second-order valence-electron chi connectivity index (χ2n) is 8.30. The van der Waals surface area contributed by atoms with Gasteiger partial charge in [-0.05, 0) is 25.0 Å². The summed E-state index contributed by atoms with van der Waals surface area (Å²) in [5.41, 5.74) is 0. The summed E-state index contributed by atoms with van der Waals surface area (Å²) in [5, 5.41) is -0.299. The Balaban J connectivity index is 1.73. The smallest absolute Gasteiger partial charge is 0.260 e. The molecule has 3 rings (SSSR count). The third-order valence-corrected chi connectivity index (χ3v) is 10.0. The van der Waals surface area contributed by atoms with Gasteiger partial charge < -0.3 is 4.90 Å². The highest BCUT2D eigenvalue weighted by Gasteiger charge is 2.40. The number of carbonyl (C=O) groups is 1. The molecule has 13 heteroatoms. The number of hydrogen-bond donors (Lipinski definition) is 0. The third kappa shape index (κ3) is 5.52. The number of rotatable bonds is 7. The Morgan fingerprint density at radius 3 is 2.30 bits per heavy atom. The molecule has 33 heavy (non-hydrogen) atoms. The molecule has 2 aliphatic rings. The highest BCUT2D eigenvalue weighted by Crippen LogP contribution is 2.30. The number of hydrogen-bond acceptors (Lipinski definition) is 6. The highest BCUT2D eigenvalue weighted by molar-refractivity contribution is 7.89. The molecule has 0 aromatic carbocycles. The zero-order valence-electron chi connectivity index (χ0n) is 18.8. The molecule has 0 radical (unpaired) electrons. The van der Waals surface area contributed by atoms with Crippen molar-refractivity contribution in [3.63, 3.8) is 0 Å². The maximum Gasteiger partial charge on any atom is 0.260 e. The molecule has 0 bridgehead atoms. The van der Waals surface area contributed by atoms with Gasteiger partial charge in [-0.3, -0.25) is 4.79 Å². The van der Waals surface area contributed by atoms with Crippen molar-refractivity contribution in [3.8, 4) is 0 Å². The van der Waals surface area contributed by atoms with Gasteiger partial charge in [0.1, 0.15) is 4.90 Å². The Kier molecular flexibility index (Phi) is 7.76. The van der Waals surface area contributed by atoms with Crippen LogP contribution in [0, 0.1) is 5.92 Å². The van der Waals surface area contributed by atoms with E-state index in [-0.39, 0.29) is 67.9 Å². The highest BCUT2D eigenvalue weighted by atomic mass is 32.2. The second kappa shape index (κ2) is 9.88. The zero-order chi connectivity index (χ0) is 24.4. The number of likely N-dealkylation sites (tertiary alicyclic amines) is 1. The van der Waals surface area contributed by atoms with Gasteiger partial charge in [-0.2, -0.15) is 8.61 Å². The maximum absolute atomic E-state index is 13.4. The lowest BCUT2D eigenvalue weighted by Crippen LogP contribution is -2.50. The lowest BCUT2D eigenvalue weighted by atomic mass is 9.96. The van der Waals surface area contributed by atoms with Gasteiger partial charge in [0.05, 0.1) is 5.92 Å². The largest absolute Gasteiger partial charge is 0.342 e. The molecule has 1 atom stereocenters. The van der Waals surface area contributed by atoms with Gasteiger partial charge >= 0.3 is 0 Å². The number of piperidine rings is 2. The van der Waals surface area contributed by atoms with Gasteiger partial charge in [0, 0.05) is 58.3 Å². The van der Waals surface area contributed by atoms with Crippen LogP contribution in [0.1, 0.15) is 39.5 Å². The van der Waals surface area contributed by atoms with Crippen molar-refractivity contribution in [1.82, 2.24) is 18.5 Å². The summed E-state index contributed by atoms with van der Waals surface area (Å²) in [6.07, 6.45) is 1.18. The minimum absolute atomic E-state index is 0.0425. The zero-order valence-corrected chi connectivity index (χ0v) is 20.4. The number of halogens is 2. The minimum atomic E-state index is -4.05. The van der Waals surface area contributed by atoms with Crippen molar-refractivity contribution in [1.29, 1.82) is 0 Å². The normalized spacial score (nSPS) is 22.5. The van der Waals surface area contributed by atoms with E-state index >= 15 is 0 Å². The lowest BCUT2D eigenvalue weighted by molar-refractivity contribution is -0.142. The standard InChI is InChI=1S/C20H30F2N4O5S2/c1-3-25(4-2)32(28,29)17-7-8-18(23-14-17)33(30,31)26-11-5-6-16(15-26)19(27)24-12-9-20(21,22)10-13-24/h7-8,14,16H,3-6,9-13,15H2,1-2H3/t16-/m1/s1. The van der Waals surface area contributed by atoms with Crippen LogP contribution in [0.2, 0.25) is 0 Å². The average molecular weight is 509 g/mol. The van der Waals surface area contributed by atoms with Gasteiger partial charge in [0.15, 0.2) is 5.03 Å². The van der Waals surface area contributed by atoms with Crippen LogP contribution in [0.3, 0.4) is 0 Å². The fourth-order valence-corrected chi connectivity index (χ4v) is 7.03. The van der Waals surface area contributed by atoms with Crippen LogP contribution < -0.4 is 0 Å². The molecule has 2 fully saturated rings. The molecule has 0 aliphatic carbocycles. The fraction of sp³-hybridized carbons (Fsp3) is 0.700. The van der Waals surface area contributed by atoms with E-state index in [1.54, 1.807) is 13.8 Å². The Labute approximate surface area is 193 Å². The van der Waals surface area contributed by atoms with Crippen molar-refractivity contribution < 1.29 is 30.4 Å². The van der Waals surface area contributed by atoms with E-state index in [4.69, 9.17) is 0 Å². The summed E-state index contributed by atoms with van der Waals surface area (Å²) in [5.74, 6) is -3.68. The quantitative estimate of drug-likeness (QED) is 0.556. The molecular weight excluding hydrogens is 478 g/mol. The first-order valence-corrected chi connectivity index (χ1v) is 13.9. The first-order chi connectivity index (χ1) is 15.4. The molecule has 0 spiro atoms. The third-order valence-electron chi connectivity index (χ3n) is 6.20. The van der Waals surface area contributed by atoms with Crippen LogP contribution in [-0.2, 0) is 24.8 Å². The molecule has 9 nitrogen and oxygen atoms in total. The number of nitrogens with zero attached hydrogens (tertiary/aromatic N) is 4. The van der Waals surface area contributed by atoms with Gasteiger partial charge in [0.2, 0.25) is 15.9 Å². The SMILES string of the molecule is CCN(CC)S(=O)(=O)c1ccc(S(=O)(=O)N2CCC[C@@H](C(=O)N3CCC(F)(F)CC3)C2)nc1. The molecule has 0 saturated carbocycles. The molecule has 0 N–H and O–H groups in total. The molecule has 2 saturated heterocycles. The van der Waals surface area contributed by atoms with Crippen molar-refractivity contribution in [2.24, 2.45) is 5.92 Å². The molecule has 1 amide bonds. The molecule has 1 aromatic heterocycles. The summed E-state index contributed by atoms with van der Waals surface area (Å²) in [6, 6.07) is 2.37. The Hall–Kier alpha value is -1.70. The predicted octanol–water partition coefficient (Wildman–Crippen LogP) is 1.77. The molecular formula is C20H30F2N4O5S2. The summed E-state index contributed by atoms with van der Waals surface area (Å²) < 4.78 is 80.6. The van der Waals surface area contributed by atoms with Crippen LogP contribution in [0.25, 0.3) is 0 Å². The lowest BCUT2D eigenvalue weighted by Gasteiger charge is -2.37. The van der Waals surface area contributed by atoms with Crippen LogP contribution in [-0.4, -0.2) is 86.4 Å². The molecule has 2 aliphatic heterocycles. The number of sulfonamides is 2. The van der Waals surface area contributed by atoms with Crippen LogP contribution in [0.5, 0.6) is 0 Å². The van der Waals surface area contributed by atoms with Crippen molar-refractivity contribution >= 4 is 26.0 Å². The molecule has 3 heterocycles. The molecule has 186 valence electrons. The van der Waals surface area contributed by atoms with Gasteiger partial charge in [-0.25, -0.2) is 30.6 Å². The van der Waals surface area contributed by atoms with Crippen molar-refractivity contribution in [3.05, 3.63) is 18.3 Å². The van der Waals surface area contributed by atoms with Crippen LogP contribution in [0.15, 0.2) is 28.3 Å². The Morgan fingerprint density at radius 2 is 1.76 bits per heavy atom. The number of aromatic nitrogens is 1. The molecule has 0 unspecified atom stereocenters. The monoisotopic (exact) mass is 508 g/mol. The van der Waals surface area contributed by atoms with E-state index in [1.807, 2.05) is 0 Å². The molecule has 1 aromatic rings. The Bertz CT molecular complexity index is 1050. The summed E-state index contributed by atoms with van der Waals surface area (Å²) in [4.78, 5) is 18.0. The topological polar surface area (TPSA) is 108 Å². The predicted molar refractivity (Wildman–Crippen MR) is 117 cm³/mol. The van der Waals surface area contributed by atoms with Gasteiger partial charge in [0.25, 0.3) is 15.9 Å². The number of pyridine rings is 1. The van der Waals surface area contributed by atoms with E-state index < -0.39 is 31.9 Å². The number of amides is 1. The van der Waals surface area contributed by atoms with Gasteiger partial charge in [-0.1, -0.05) is 13.8 Å². The van der Waals surface area contributed by atoms with E-state index in [2.05, 4.69) is 4.98 Å². The first kappa shape index (κ1) is 25.9. The maximum atomic E-state index is 13.4. The summed E-state index contributed by atoms with van der Waals surface area (Å²) >= 11 is 0. The van der Waals surface area contributed by atoms with Gasteiger partial charge in [-0.15, -0.1) is 0 Å². The van der Waals surface area contributed by atoms with Crippen molar-refractivity contribution in [2.75, 3.05) is 39.3 Å². The fourth-order valence-electron chi connectivity index (χ4n) is 4.19. The minimum Gasteiger partial charge on any atom is -0.342 e. The van der Waals surface area contributed by atoms with Crippen LogP contribution in [0.4, 0.5) is 8.78 Å². The van der Waals surface area contributed by atoms with Crippen LogP contribution >= 0.6 is 0 Å². The number of alkyl halides is 2. The van der Waals surface area contributed by atoms with E-state index in [9.17, 15) is 30.4 Å². The Morgan fingerprint density at radius 1 is 1.12 bits per heavy atom. The number of carbonyl (C=O) groups excluding carboxylic acids is 1. The summed E-state index contributed by atoms with van der Waals surface area (Å²) in [6.45, 7) is 4.01. The average Bonchev–Trinajstić information content (AvgIpc) is 2.79.